The number of amides is 3. The van der Waals surface area contributed by atoms with Crippen LogP contribution in [0.2, 0.25) is 0 Å². The third-order valence-corrected chi connectivity index (χ3v) is 7.69. The van der Waals surface area contributed by atoms with E-state index in [9.17, 15) is 24.6 Å². The number of nitrogens with zero attached hydrogens (tertiary/aromatic N) is 1. The summed E-state index contributed by atoms with van der Waals surface area (Å²) in [5.74, 6) is -5.93. The van der Waals surface area contributed by atoms with E-state index in [1.807, 2.05) is 6.92 Å². The molecular weight excluding hydrogens is 520 g/mol. The Bertz CT molecular complexity index is 1240. The van der Waals surface area contributed by atoms with Crippen LogP contribution in [-0.2, 0) is 16.0 Å². The van der Waals surface area contributed by atoms with Gasteiger partial charge in [0.15, 0.2) is 6.10 Å². The van der Waals surface area contributed by atoms with Crippen molar-refractivity contribution in [2.24, 2.45) is 5.41 Å². The molecule has 0 radical (unpaired) electrons. The fourth-order valence-electron chi connectivity index (χ4n) is 5.03. The maximum absolute atomic E-state index is 15.1. The maximum Gasteiger partial charge on any atom is 0.272 e. The summed E-state index contributed by atoms with van der Waals surface area (Å²) in [6.07, 6.45) is -0.494. The number of carbonyl (C=O) groups is 3. The van der Waals surface area contributed by atoms with Crippen molar-refractivity contribution >= 4 is 17.7 Å². The summed E-state index contributed by atoms with van der Waals surface area (Å²) in [7, 11) is 0. The smallest absolute Gasteiger partial charge is 0.272 e. The fourth-order valence-corrected chi connectivity index (χ4v) is 5.03. The van der Waals surface area contributed by atoms with Crippen molar-refractivity contribution in [3.8, 4) is 5.75 Å². The maximum atomic E-state index is 15.1. The number of alkyl halides is 2. The number of phenolic OH excluding ortho intramolecular Hbond substituents is 1. The Labute approximate surface area is 233 Å². The van der Waals surface area contributed by atoms with Crippen molar-refractivity contribution in [3.05, 3.63) is 64.7 Å². The summed E-state index contributed by atoms with van der Waals surface area (Å²) in [6, 6.07) is 9.13. The number of aliphatic hydroxyl groups excluding tert-OH is 1. The quantitative estimate of drug-likeness (QED) is 0.333. The molecule has 3 atom stereocenters. The zero-order valence-corrected chi connectivity index (χ0v) is 23.6. The number of nitrogens with one attached hydrogen (secondary N) is 2. The molecular formula is C30H39F2N3O5. The second-order valence-corrected chi connectivity index (χ2v) is 11.1. The lowest BCUT2D eigenvalue weighted by molar-refractivity contribution is -0.148. The lowest BCUT2D eigenvalue weighted by Gasteiger charge is -2.34. The minimum Gasteiger partial charge on any atom is -0.508 e. The molecule has 4 N–H and O–H groups in total. The molecule has 1 aliphatic rings. The van der Waals surface area contributed by atoms with E-state index in [0.717, 1.165) is 11.3 Å². The number of hydrogen-bond acceptors (Lipinski definition) is 5. The van der Waals surface area contributed by atoms with Crippen molar-refractivity contribution in [3.63, 3.8) is 0 Å². The third-order valence-electron chi connectivity index (χ3n) is 7.69. The molecule has 10 heteroatoms. The van der Waals surface area contributed by atoms with E-state index >= 15 is 8.78 Å². The summed E-state index contributed by atoms with van der Waals surface area (Å²) in [5, 5.41) is 26.8. The monoisotopic (exact) mass is 559 g/mol. The largest absolute Gasteiger partial charge is 0.508 e. The SMILES string of the molecule is CCCCNC(=O)[C@H]1N(C(=O)[C@@H](O)[C@H](Cc2ccccc2)NC(=O)c2cc(C)cc(O)c2C)CC(F)(F)C1(C)C. The van der Waals surface area contributed by atoms with Gasteiger partial charge in [0, 0.05) is 17.7 Å². The van der Waals surface area contributed by atoms with E-state index in [4.69, 9.17) is 0 Å². The number of aromatic hydroxyl groups is 1. The first-order chi connectivity index (χ1) is 18.7. The molecule has 2 aromatic rings. The highest BCUT2D eigenvalue weighted by Gasteiger charge is 2.64. The van der Waals surface area contributed by atoms with Crippen molar-refractivity contribution in [1.29, 1.82) is 0 Å². The van der Waals surface area contributed by atoms with Crippen LogP contribution in [0.5, 0.6) is 5.75 Å². The van der Waals surface area contributed by atoms with E-state index in [1.54, 1.807) is 50.2 Å². The average Bonchev–Trinajstić information content (AvgIpc) is 3.09. The predicted octanol–water partition coefficient (Wildman–Crippen LogP) is 3.50. The molecule has 40 heavy (non-hydrogen) atoms. The first kappa shape index (κ1) is 31.0. The lowest BCUT2D eigenvalue weighted by Crippen LogP contribution is -2.57. The standard InChI is InChI=1S/C30H39F2N3O5/c1-6-7-13-33-27(39)25-29(4,5)30(31,32)17-35(25)28(40)24(37)22(16-20-11-9-8-10-12-20)34-26(38)21-14-18(2)15-23(36)19(21)3/h8-12,14-15,22,24-25,36-37H,6-7,13,16-17H2,1-5H3,(H,33,39)(H,34,38)/t22-,24-,25+/m0/s1. The summed E-state index contributed by atoms with van der Waals surface area (Å²) < 4.78 is 30.3. The van der Waals surface area contributed by atoms with Gasteiger partial charge in [-0.05, 0) is 49.9 Å². The van der Waals surface area contributed by atoms with Gasteiger partial charge in [-0.1, -0.05) is 57.5 Å². The minimum absolute atomic E-state index is 0.0112. The molecule has 2 aromatic carbocycles. The van der Waals surface area contributed by atoms with Crippen LogP contribution in [0.1, 0.15) is 60.7 Å². The molecule has 0 saturated carbocycles. The predicted molar refractivity (Wildman–Crippen MR) is 147 cm³/mol. The lowest BCUT2D eigenvalue weighted by atomic mass is 9.81. The first-order valence-corrected chi connectivity index (χ1v) is 13.5. The van der Waals surface area contributed by atoms with E-state index in [0.29, 0.717) is 23.1 Å². The Balaban J connectivity index is 1.94. The van der Waals surface area contributed by atoms with Crippen LogP contribution in [0.15, 0.2) is 42.5 Å². The molecule has 1 saturated heterocycles. The number of halogens is 2. The first-order valence-electron chi connectivity index (χ1n) is 13.5. The Morgan fingerprint density at radius 3 is 2.40 bits per heavy atom. The Morgan fingerprint density at radius 2 is 1.77 bits per heavy atom. The number of likely N-dealkylation sites (tertiary alicyclic amines) is 1. The zero-order valence-electron chi connectivity index (χ0n) is 23.6. The van der Waals surface area contributed by atoms with Crippen molar-refractivity contribution in [1.82, 2.24) is 15.5 Å². The second-order valence-electron chi connectivity index (χ2n) is 11.1. The number of aryl methyl sites for hydroxylation is 1. The topological polar surface area (TPSA) is 119 Å². The number of rotatable bonds is 10. The summed E-state index contributed by atoms with van der Waals surface area (Å²) in [5.41, 5.74) is -0.121. The minimum atomic E-state index is -3.40. The van der Waals surface area contributed by atoms with Crippen LogP contribution in [0, 0.1) is 19.3 Å². The molecule has 0 aliphatic carbocycles. The molecule has 3 rings (SSSR count). The van der Waals surface area contributed by atoms with Crippen molar-refractivity contribution in [2.45, 2.75) is 78.0 Å². The molecule has 0 spiro atoms. The van der Waals surface area contributed by atoms with Crippen LogP contribution in [-0.4, -0.2) is 70.0 Å². The van der Waals surface area contributed by atoms with Crippen molar-refractivity contribution in [2.75, 3.05) is 13.1 Å². The Morgan fingerprint density at radius 1 is 1.12 bits per heavy atom. The zero-order chi connectivity index (χ0) is 29.8. The summed E-state index contributed by atoms with van der Waals surface area (Å²) in [4.78, 5) is 40.8. The molecule has 1 fully saturated rings. The van der Waals surface area contributed by atoms with Crippen molar-refractivity contribution < 1.29 is 33.4 Å². The Kier molecular flexibility index (Phi) is 9.56. The number of unbranched alkanes of at least 4 members (excludes halogenated alkanes) is 1. The molecule has 1 aliphatic heterocycles. The van der Waals surface area contributed by atoms with Gasteiger partial charge in [0.2, 0.25) is 5.91 Å². The highest BCUT2D eigenvalue weighted by atomic mass is 19.3. The second kappa shape index (κ2) is 12.3. The van der Waals surface area contributed by atoms with E-state index < -0.39 is 53.8 Å². The van der Waals surface area contributed by atoms with E-state index in [1.165, 1.54) is 19.9 Å². The van der Waals surface area contributed by atoms with Crippen LogP contribution < -0.4 is 10.6 Å². The van der Waals surface area contributed by atoms with Crippen LogP contribution in [0.3, 0.4) is 0 Å². The van der Waals surface area contributed by atoms with Gasteiger partial charge in [0.25, 0.3) is 17.7 Å². The van der Waals surface area contributed by atoms with Gasteiger partial charge < -0.3 is 25.7 Å². The van der Waals surface area contributed by atoms with Gasteiger partial charge in [-0.15, -0.1) is 0 Å². The molecule has 0 unspecified atom stereocenters. The van der Waals surface area contributed by atoms with Gasteiger partial charge in [-0.2, -0.15) is 0 Å². The number of hydrogen-bond donors (Lipinski definition) is 4. The van der Waals surface area contributed by atoms with Gasteiger partial charge in [0.1, 0.15) is 11.8 Å². The highest BCUT2D eigenvalue weighted by Crippen LogP contribution is 2.48. The van der Waals surface area contributed by atoms with Crippen LogP contribution in [0.25, 0.3) is 0 Å². The molecule has 1 heterocycles. The number of benzene rings is 2. The average molecular weight is 560 g/mol. The van der Waals surface area contributed by atoms with Crippen LogP contribution in [0.4, 0.5) is 8.78 Å². The fraction of sp³-hybridized carbons (Fsp3) is 0.500. The van der Waals surface area contributed by atoms with Crippen LogP contribution >= 0.6 is 0 Å². The van der Waals surface area contributed by atoms with E-state index in [2.05, 4.69) is 10.6 Å². The van der Waals surface area contributed by atoms with E-state index in [-0.39, 0.29) is 24.3 Å². The van der Waals surface area contributed by atoms with Gasteiger partial charge in [-0.25, -0.2) is 8.78 Å². The third kappa shape index (κ3) is 6.43. The molecule has 8 nitrogen and oxygen atoms in total. The summed E-state index contributed by atoms with van der Waals surface area (Å²) >= 11 is 0. The molecule has 218 valence electrons. The molecule has 0 bridgehead atoms. The molecule has 3 amide bonds. The summed E-state index contributed by atoms with van der Waals surface area (Å²) in [6.45, 7) is 6.88. The Hall–Kier alpha value is -3.53. The number of carbonyl (C=O) groups excluding carboxylic acids is 3. The number of phenols is 1. The van der Waals surface area contributed by atoms with Gasteiger partial charge >= 0.3 is 0 Å². The highest BCUT2D eigenvalue weighted by molar-refractivity contribution is 5.97. The van der Waals surface area contributed by atoms with Gasteiger partial charge in [-0.3, -0.25) is 14.4 Å². The van der Waals surface area contributed by atoms with Gasteiger partial charge in [0.05, 0.1) is 18.0 Å². The normalized spacial score (nSPS) is 19.1. The molecule has 0 aromatic heterocycles. The number of aliphatic hydroxyl groups is 1.